The third-order valence-corrected chi connectivity index (χ3v) is 4.70. The molecule has 1 aromatic heterocycles. The average Bonchev–Trinajstić information content (AvgIpc) is 2.69. The van der Waals surface area contributed by atoms with Crippen LogP contribution in [0.4, 0.5) is 0 Å². The van der Waals surface area contributed by atoms with Crippen molar-refractivity contribution in [3.63, 3.8) is 0 Å². The molecule has 0 saturated heterocycles. The molecule has 2 rings (SSSR count). The molecule has 0 atom stereocenters. The van der Waals surface area contributed by atoms with Gasteiger partial charge in [0.25, 0.3) is 0 Å². The van der Waals surface area contributed by atoms with Crippen LogP contribution >= 0.6 is 11.3 Å². The fourth-order valence-corrected chi connectivity index (χ4v) is 3.83. The van der Waals surface area contributed by atoms with Crippen molar-refractivity contribution in [2.75, 3.05) is 13.6 Å². The molecule has 0 bridgehead atoms. The van der Waals surface area contributed by atoms with Gasteiger partial charge in [-0.25, -0.2) is 4.98 Å². The Balaban J connectivity index is 2.06. The van der Waals surface area contributed by atoms with Gasteiger partial charge < -0.3 is 10.4 Å². The topological polar surface area (TPSA) is 45.2 Å². The quantitative estimate of drug-likeness (QED) is 0.865. The predicted octanol–water partition coefficient (Wildman–Crippen LogP) is 2.13. The Morgan fingerprint density at radius 1 is 1.53 bits per heavy atom. The molecular formula is C13H22N2OS. The average molecular weight is 254 g/mol. The van der Waals surface area contributed by atoms with Crippen molar-refractivity contribution in [2.24, 2.45) is 5.41 Å². The van der Waals surface area contributed by atoms with Crippen LogP contribution in [-0.2, 0) is 6.42 Å². The molecule has 0 unspecified atom stereocenters. The summed E-state index contributed by atoms with van der Waals surface area (Å²) in [7, 11) is 2.02. The molecular weight excluding hydrogens is 232 g/mol. The molecule has 0 radical (unpaired) electrons. The number of rotatable bonds is 4. The Labute approximate surface area is 107 Å². The molecule has 1 fully saturated rings. The number of hydrogen-bond donors (Lipinski definition) is 2. The number of aliphatic hydroxyl groups is 1. The van der Waals surface area contributed by atoms with Gasteiger partial charge in [0.1, 0.15) is 0 Å². The molecule has 0 aromatic carbocycles. The number of hydrogen-bond acceptors (Lipinski definition) is 4. The Morgan fingerprint density at radius 3 is 2.76 bits per heavy atom. The summed E-state index contributed by atoms with van der Waals surface area (Å²) in [5, 5.41) is 14.1. The maximum atomic E-state index is 9.65. The highest BCUT2D eigenvalue weighted by atomic mass is 32.1. The van der Waals surface area contributed by atoms with E-state index in [4.69, 9.17) is 0 Å². The van der Waals surface area contributed by atoms with E-state index in [1.807, 2.05) is 13.2 Å². The Bertz CT molecular complexity index is 356. The molecule has 0 amide bonds. The van der Waals surface area contributed by atoms with Gasteiger partial charge in [0.15, 0.2) is 0 Å². The highest BCUT2D eigenvalue weighted by molar-refractivity contribution is 7.11. The van der Waals surface area contributed by atoms with E-state index in [1.54, 1.807) is 11.3 Å². The minimum atomic E-state index is -0.0804. The lowest BCUT2D eigenvalue weighted by atomic mass is 9.70. The van der Waals surface area contributed by atoms with Crippen LogP contribution in [0.25, 0.3) is 0 Å². The second-order valence-corrected chi connectivity index (χ2v) is 6.60. The van der Waals surface area contributed by atoms with Gasteiger partial charge in [0.2, 0.25) is 0 Å². The van der Waals surface area contributed by atoms with Crippen molar-refractivity contribution in [2.45, 2.75) is 45.1 Å². The summed E-state index contributed by atoms with van der Waals surface area (Å²) in [5.41, 5.74) is 0.326. The van der Waals surface area contributed by atoms with E-state index in [9.17, 15) is 5.11 Å². The van der Waals surface area contributed by atoms with Crippen LogP contribution in [0, 0.1) is 12.3 Å². The maximum absolute atomic E-state index is 9.65. The third kappa shape index (κ3) is 3.27. The van der Waals surface area contributed by atoms with Gasteiger partial charge in [0.05, 0.1) is 11.1 Å². The SMILES string of the molecule is CNCC1(Cc2cnc(C)s2)CCC(O)CC1. The molecule has 1 aliphatic rings. The second kappa shape index (κ2) is 5.46. The molecule has 1 heterocycles. The highest BCUT2D eigenvalue weighted by Crippen LogP contribution is 2.39. The zero-order valence-corrected chi connectivity index (χ0v) is 11.5. The van der Waals surface area contributed by atoms with E-state index in [0.29, 0.717) is 5.41 Å². The third-order valence-electron chi connectivity index (χ3n) is 3.79. The zero-order chi connectivity index (χ0) is 12.3. The molecule has 0 aliphatic heterocycles. The van der Waals surface area contributed by atoms with E-state index in [0.717, 1.165) is 43.7 Å². The Hall–Kier alpha value is -0.450. The van der Waals surface area contributed by atoms with Crippen LogP contribution in [0.15, 0.2) is 6.20 Å². The van der Waals surface area contributed by atoms with Crippen molar-refractivity contribution >= 4 is 11.3 Å². The second-order valence-electron chi connectivity index (χ2n) is 5.28. The first kappa shape index (κ1) is 13.0. The van der Waals surface area contributed by atoms with Gasteiger partial charge >= 0.3 is 0 Å². The Morgan fingerprint density at radius 2 is 2.24 bits per heavy atom. The maximum Gasteiger partial charge on any atom is 0.0896 e. The summed E-state index contributed by atoms with van der Waals surface area (Å²) in [6.45, 7) is 3.10. The molecule has 4 heteroatoms. The first-order valence-corrected chi connectivity index (χ1v) is 7.19. The van der Waals surface area contributed by atoms with E-state index >= 15 is 0 Å². The number of thiazole rings is 1. The highest BCUT2D eigenvalue weighted by Gasteiger charge is 2.34. The van der Waals surface area contributed by atoms with Crippen LogP contribution in [0.5, 0.6) is 0 Å². The summed E-state index contributed by atoms with van der Waals surface area (Å²) >= 11 is 1.81. The normalized spacial score (nSPS) is 29.5. The van der Waals surface area contributed by atoms with Crippen LogP contribution < -0.4 is 5.32 Å². The fourth-order valence-electron chi connectivity index (χ4n) is 2.86. The van der Waals surface area contributed by atoms with Gasteiger partial charge in [0, 0.05) is 17.6 Å². The number of nitrogens with one attached hydrogen (secondary N) is 1. The molecule has 1 aromatic rings. The van der Waals surface area contributed by atoms with Gasteiger partial charge in [-0.3, -0.25) is 0 Å². The van der Waals surface area contributed by atoms with Crippen molar-refractivity contribution in [1.82, 2.24) is 10.3 Å². The minimum Gasteiger partial charge on any atom is -0.393 e. The number of nitrogens with zero attached hydrogens (tertiary/aromatic N) is 1. The number of aryl methyl sites for hydroxylation is 1. The summed E-state index contributed by atoms with van der Waals surface area (Å²) in [6, 6.07) is 0. The molecule has 1 saturated carbocycles. The molecule has 3 nitrogen and oxygen atoms in total. The van der Waals surface area contributed by atoms with Gasteiger partial charge in [-0.1, -0.05) is 0 Å². The largest absolute Gasteiger partial charge is 0.393 e. The smallest absolute Gasteiger partial charge is 0.0896 e. The first-order chi connectivity index (χ1) is 8.13. The lowest BCUT2D eigenvalue weighted by Crippen LogP contribution is -2.39. The summed E-state index contributed by atoms with van der Waals surface area (Å²) in [6.07, 6.45) is 7.16. The van der Waals surface area contributed by atoms with Crippen molar-refractivity contribution in [3.8, 4) is 0 Å². The van der Waals surface area contributed by atoms with Crippen molar-refractivity contribution in [3.05, 3.63) is 16.1 Å². The van der Waals surface area contributed by atoms with E-state index in [2.05, 4.69) is 17.2 Å². The lowest BCUT2D eigenvalue weighted by molar-refractivity contribution is 0.0632. The zero-order valence-electron chi connectivity index (χ0n) is 10.7. The monoisotopic (exact) mass is 254 g/mol. The molecule has 96 valence electrons. The molecule has 1 aliphatic carbocycles. The standard InChI is InChI=1S/C13H22N2OS/c1-10-15-8-12(17-10)7-13(9-14-2)5-3-11(16)4-6-13/h8,11,14,16H,3-7,9H2,1-2H3. The van der Waals surface area contributed by atoms with E-state index < -0.39 is 0 Å². The van der Waals surface area contributed by atoms with Crippen molar-refractivity contribution < 1.29 is 5.11 Å². The van der Waals surface area contributed by atoms with Crippen LogP contribution in [-0.4, -0.2) is 29.8 Å². The van der Waals surface area contributed by atoms with Gasteiger partial charge in [-0.2, -0.15) is 0 Å². The summed E-state index contributed by atoms with van der Waals surface area (Å²) < 4.78 is 0. The van der Waals surface area contributed by atoms with Crippen molar-refractivity contribution in [1.29, 1.82) is 0 Å². The molecule has 17 heavy (non-hydrogen) atoms. The number of aromatic nitrogens is 1. The van der Waals surface area contributed by atoms with E-state index in [-0.39, 0.29) is 6.10 Å². The van der Waals surface area contributed by atoms with Crippen LogP contribution in [0.3, 0.4) is 0 Å². The summed E-state index contributed by atoms with van der Waals surface area (Å²) in [5.74, 6) is 0. The van der Waals surface area contributed by atoms with Gasteiger partial charge in [-0.15, -0.1) is 11.3 Å². The van der Waals surface area contributed by atoms with Crippen LogP contribution in [0.2, 0.25) is 0 Å². The first-order valence-electron chi connectivity index (χ1n) is 6.37. The molecule has 0 spiro atoms. The predicted molar refractivity (Wildman–Crippen MR) is 71.4 cm³/mol. The fraction of sp³-hybridized carbons (Fsp3) is 0.769. The Kier molecular flexibility index (Phi) is 4.17. The molecule has 2 N–H and O–H groups in total. The minimum absolute atomic E-state index is 0.0804. The van der Waals surface area contributed by atoms with E-state index in [1.165, 1.54) is 4.88 Å². The number of aliphatic hydroxyl groups excluding tert-OH is 1. The van der Waals surface area contributed by atoms with Crippen LogP contribution in [0.1, 0.15) is 35.6 Å². The lowest BCUT2D eigenvalue weighted by Gasteiger charge is -2.38. The summed E-state index contributed by atoms with van der Waals surface area (Å²) in [4.78, 5) is 5.72. The van der Waals surface area contributed by atoms with Gasteiger partial charge in [-0.05, 0) is 51.5 Å².